The highest BCUT2D eigenvalue weighted by atomic mass is 16.6. The fourth-order valence-corrected chi connectivity index (χ4v) is 6.50. The largest absolute Gasteiger partial charge is 0.464 e. The number of benzene rings is 1. The molecule has 0 bridgehead atoms. The lowest BCUT2D eigenvalue weighted by molar-refractivity contribution is -0.384. The van der Waals surface area contributed by atoms with Gasteiger partial charge in [0.05, 0.1) is 23.6 Å². The van der Waals surface area contributed by atoms with Crippen molar-refractivity contribution in [3.8, 4) is 0 Å². The number of carbonyl (C=O) groups excluding carboxylic acids is 6. The summed E-state index contributed by atoms with van der Waals surface area (Å²) in [5.74, 6) is -3.89. The molecule has 290 valence electrons. The van der Waals surface area contributed by atoms with Crippen LogP contribution in [0.3, 0.4) is 0 Å². The summed E-state index contributed by atoms with van der Waals surface area (Å²) in [6, 6.07) is 2.12. The number of esters is 2. The Labute approximate surface area is 308 Å². The van der Waals surface area contributed by atoms with Crippen molar-refractivity contribution in [1.29, 1.82) is 0 Å². The van der Waals surface area contributed by atoms with Crippen LogP contribution in [0.15, 0.2) is 36.4 Å². The van der Waals surface area contributed by atoms with Gasteiger partial charge in [0.1, 0.15) is 29.4 Å². The number of nitrogens with zero attached hydrogens (tertiary/aromatic N) is 3. The van der Waals surface area contributed by atoms with Gasteiger partial charge in [-0.25, -0.2) is 24.1 Å². The van der Waals surface area contributed by atoms with Gasteiger partial charge < -0.3 is 29.2 Å². The average molecular weight is 743 g/mol. The molecule has 2 heterocycles. The highest BCUT2D eigenvalue weighted by Crippen LogP contribution is 2.52. The standard InChI is InChI=1S/C37H50N4O12/c1-8-50-32(45)37-21-24(37)14-12-10-9-11-13-15-27(38-33(46)52-35(2,3)4)29(42)39-22-26(51-31(44)23-16-18-25(19-17-23)41(48)49)20-28(39)30(43)40(37)34(47)53-36(5,6)7/h12,14,16-19,24,26-28H,8-11,13,15,20-22H2,1-7H3,(H,38,46)/t24-,26-,27+,28+,37-/m1/s1. The van der Waals surface area contributed by atoms with Crippen molar-refractivity contribution in [1.82, 2.24) is 15.1 Å². The second-order valence-corrected chi connectivity index (χ2v) is 15.4. The van der Waals surface area contributed by atoms with E-state index in [0.717, 1.165) is 28.4 Å². The van der Waals surface area contributed by atoms with E-state index in [1.165, 1.54) is 12.1 Å². The second-order valence-electron chi connectivity index (χ2n) is 15.4. The van der Waals surface area contributed by atoms with Gasteiger partial charge in [0, 0.05) is 24.5 Å². The number of amides is 4. The van der Waals surface area contributed by atoms with E-state index in [1.54, 1.807) is 54.5 Å². The molecule has 4 amide bonds. The number of hydrogen-bond acceptors (Lipinski definition) is 12. The van der Waals surface area contributed by atoms with Gasteiger partial charge in [-0.2, -0.15) is 0 Å². The Morgan fingerprint density at radius 2 is 1.62 bits per heavy atom. The number of fused-ring (bicyclic) bond motifs is 2. The van der Waals surface area contributed by atoms with Crippen molar-refractivity contribution in [2.24, 2.45) is 5.92 Å². The molecule has 1 aromatic rings. The molecule has 53 heavy (non-hydrogen) atoms. The predicted molar refractivity (Wildman–Crippen MR) is 188 cm³/mol. The lowest BCUT2D eigenvalue weighted by Crippen LogP contribution is -2.60. The van der Waals surface area contributed by atoms with Crippen molar-refractivity contribution < 1.29 is 52.6 Å². The Bertz CT molecular complexity index is 1610. The zero-order chi connectivity index (χ0) is 39.3. The van der Waals surface area contributed by atoms with Crippen molar-refractivity contribution in [3.63, 3.8) is 0 Å². The third-order valence-corrected chi connectivity index (χ3v) is 8.95. The molecule has 1 aromatic carbocycles. The van der Waals surface area contributed by atoms with Crippen LogP contribution in [-0.2, 0) is 33.3 Å². The number of allylic oxidation sites excluding steroid dienone is 1. The summed E-state index contributed by atoms with van der Waals surface area (Å²) < 4.78 is 22.3. The number of ether oxygens (including phenoxy) is 4. The molecule has 1 aliphatic carbocycles. The highest BCUT2D eigenvalue weighted by Gasteiger charge is 2.69. The molecule has 1 N–H and O–H groups in total. The maximum Gasteiger partial charge on any atom is 0.418 e. The van der Waals surface area contributed by atoms with Gasteiger partial charge >= 0.3 is 24.1 Å². The second kappa shape index (κ2) is 16.3. The van der Waals surface area contributed by atoms with E-state index in [4.69, 9.17) is 18.9 Å². The summed E-state index contributed by atoms with van der Waals surface area (Å²) in [5.41, 5.74) is -3.97. The quantitative estimate of drug-likeness (QED) is 0.131. The lowest BCUT2D eigenvalue weighted by atomic mass is 10.0. The van der Waals surface area contributed by atoms with Crippen molar-refractivity contribution in [2.75, 3.05) is 13.2 Å². The van der Waals surface area contributed by atoms with Crippen molar-refractivity contribution in [2.45, 2.75) is 128 Å². The average Bonchev–Trinajstić information content (AvgIpc) is 3.61. The molecule has 1 saturated carbocycles. The summed E-state index contributed by atoms with van der Waals surface area (Å²) in [4.78, 5) is 95.8. The zero-order valence-electron chi connectivity index (χ0n) is 31.4. The number of alkyl carbamates (subject to hydrolysis) is 1. The van der Waals surface area contributed by atoms with Crippen LogP contribution in [0.2, 0.25) is 0 Å². The smallest absolute Gasteiger partial charge is 0.418 e. The Balaban J connectivity index is 1.78. The minimum absolute atomic E-state index is 0.00793. The summed E-state index contributed by atoms with van der Waals surface area (Å²) in [6.07, 6.45) is 3.19. The molecular formula is C37H50N4O12. The number of nitro benzene ring substituents is 1. The van der Waals surface area contributed by atoms with Crippen LogP contribution in [0, 0.1) is 16.0 Å². The maximum atomic E-state index is 14.9. The number of hydrogen-bond donors (Lipinski definition) is 1. The van der Waals surface area contributed by atoms with E-state index >= 15 is 0 Å². The van der Waals surface area contributed by atoms with Crippen molar-refractivity contribution in [3.05, 3.63) is 52.1 Å². The minimum Gasteiger partial charge on any atom is -0.464 e. The van der Waals surface area contributed by atoms with E-state index < -0.39 is 81.7 Å². The summed E-state index contributed by atoms with van der Waals surface area (Å²) in [6.45, 7) is 11.1. The molecule has 0 spiro atoms. The molecule has 16 heteroatoms. The molecule has 2 aliphatic heterocycles. The van der Waals surface area contributed by atoms with Gasteiger partial charge in [-0.3, -0.25) is 19.7 Å². The van der Waals surface area contributed by atoms with Gasteiger partial charge in [-0.1, -0.05) is 25.0 Å². The van der Waals surface area contributed by atoms with Gasteiger partial charge in [0.25, 0.3) is 11.6 Å². The Hall–Kier alpha value is -5.02. The number of nitrogens with one attached hydrogen (secondary N) is 1. The zero-order valence-corrected chi connectivity index (χ0v) is 31.4. The van der Waals surface area contributed by atoms with Gasteiger partial charge in [-0.15, -0.1) is 0 Å². The third-order valence-electron chi connectivity index (χ3n) is 8.95. The van der Waals surface area contributed by atoms with E-state index in [2.05, 4.69) is 5.32 Å². The summed E-state index contributed by atoms with van der Waals surface area (Å²) in [5, 5.41) is 13.8. The number of imide groups is 1. The minimum atomic E-state index is -1.76. The van der Waals surface area contributed by atoms with Crippen LogP contribution in [0.25, 0.3) is 0 Å². The van der Waals surface area contributed by atoms with Gasteiger partial charge in [-0.05, 0) is 86.3 Å². The highest BCUT2D eigenvalue weighted by molar-refractivity contribution is 6.05. The molecule has 1 saturated heterocycles. The van der Waals surface area contributed by atoms with Crippen LogP contribution >= 0.6 is 0 Å². The van der Waals surface area contributed by atoms with Crippen LogP contribution in [-0.4, -0.2) is 98.7 Å². The molecule has 3 aliphatic rings. The number of carbonyl (C=O) groups is 6. The Morgan fingerprint density at radius 1 is 0.962 bits per heavy atom. The molecule has 0 aromatic heterocycles. The number of non-ortho nitro benzene ring substituents is 1. The predicted octanol–water partition coefficient (Wildman–Crippen LogP) is 5.22. The number of nitro groups is 1. The van der Waals surface area contributed by atoms with Crippen LogP contribution < -0.4 is 5.32 Å². The summed E-state index contributed by atoms with van der Waals surface area (Å²) >= 11 is 0. The molecule has 0 unspecified atom stereocenters. The first-order valence-corrected chi connectivity index (χ1v) is 17.9. The SMILES string of the molecule is CCOC(=O)[C@@]12C[C@H]1C=CCCCCC[C@H](NC(=O)OC(C)(C)C)C(=O)N1C[C@H](OC(=O)c3ccc([N+](=O)[O-])cc3)C[C@H]1C(=O)N2C(=O)OC(C)(C)C. The van der Waals surface area contributed by atoms with E-state index in [9.17, 15) is 38.9 Å². The lowest BCUT2D eigenvalue weighted by Gasteiger charge is -2.35. The van der Waals surface area contributed by atoms with E-state index in [0.29, 0.717) is 19.3 Å². The molecule has 2 fully saturated rings. The van der Waals surface area contributed by atoms with Crippen molar-refractivity contribution >= 4 is 41.6 Å². The normalized spacial score (nSPS) is 25.2. The first-order valence-electron chi connectivity index (χ1n) is 17.9. The maximum absolute atomic E-state index is 14.9. The Morgan fingerprint density at radius 3 is 2.23 bits per heavy atom. The molecule has 4 rings (SSSR count). The Kier molecular flexibility index (Phi) is 12.6. The fraction of sp³-hybridized carbons (Fsp3) is 0.622. The van der Waals surface area contributed by atoms with E-state index in [-0.39, 0.29) is 43.7 Å². The molecular weight excluding hydrogens is 692 g/mol. The van der Waals surface area contributed by atoms with Crippen LogP contribution in [0.5, 0.6) is 0 Å². The monoisotopic (exact) mass is 742 g/mol. The van der Waals surface area contributed by atoms with Crippen LogP contribution in [0.1, 0.15) is 104 Å². The van der Waals surface area contributed by atoms with Crippen LogP contribution in [0.4, 0.5) is 15.3 Å². The van der Waals surface area contributed by atoms with E-state index in [1.807, 2.05) is 6.08 Å². The fourth-order valence-electron chi connectivity index (χ4n) is 6.50. The first-order chi connectivity index (χ1) is 24.8. The molecule has 5 atom stereocenters. The number of rotatable bonds is 6. The van der Waals surface area contributed by atoms with Gasteiger partial charge in [0.2, 0.25) is 5.91 Å². The molecule has 16 nitrogen and oxygen atoms in total. The topological polar surface area (TPSA) is 201 Å². The van der Waals surface area contributed by atoms with Gasteiger partial charge in [0.15, 0.2) is 5.54 Å². The first kappa shape index (κ1) is 40.7. The molecule has 0 radical (unpaired) electrons. The summed E-state index contributed by atoms with van der Waals surface area (Å²) in [7, 11) is 0. The third kappa shape index (κ3) is 10.1.